The molecule has 0 spiro atoms. The van der Waals surface area contributed by atoms with E-state index in [1.54, 1.807) is 0 Å². The first kappa shape index (κ1) is 15.7. The Morgan fingerprint density at radius 1 is 1.55 bits per heavy atom. The number of nitrogens with one attached hydrogen (secondary N) is 2. The zero-order valence-corrected chi connectivity index (χ0v) is 12.6. The second-order valence-corrected chi connectivity index (χ2v) is 4.94. The fourth-order valence-corrected chi connectivity index (χ4v) is 1.76. The summed E-state index contributed by atoms with van der Waals surface area (Å²) in [5.74, 6) is 0.783. The first-order valence-electron chi connectivity index (χ1n) is 6.26. The molecule has 0 saturated heterocycles. The second-order valence-electron chi connectivity index (χ2n) is 4.53. The SMILES string of the molecule is C=C(C)CNC(=S)N/N=C/c1cc2c(cc1[N+](=O)[O-])OCO2. The van der Waals surface area contributed by atoms with E-state index >= 15 is 0 Å². The maximum atomic E-state index is 11.1. The normalized spacial score (nSPS) is 12.2. The Kier molecular flexibility index (Phi) is 4.89. The van der Waals surface area contributed by atoms with E-state index in [1.807, 2.05) is 6.92 Å². The molecule has 2 rings (SSSR count). The monoisotopic (exact) mass is 322 g/mol. The minimum Gasteiger partial charge on any atom is -0.454 e. The third-order valence-corrected chi connectivity index (χ3v) is 2.87. The number of benzene rings is 1. The number of hydrogen-bond acceptors (Lipinski definition) is 6. The molecule has 116 valence electrons. The molecule has 0 bridgehead atoms. The van der Waals surface area contributed by atoms with Crippen LogP contribution in [0.15, 0.2) is 29.4 Å². The Hall–Kier alpha value is -2.68. The van der Waals surface area contributed by atoms with Gasteiger partial charge in [-0.15, -0.1) is 0 Å². The Balaban J connectivity index is 2.08. The fourth-order valence-electron chi connectivity index (χ4n) is 1.64. The van der Waals surface area contributed by atoms with Crippen LogP contribution < -0.4 is 20.2 Å². The Labute approximate surface area is 131 Å². The number of thiocarbonyl (C=S) groups is 1. The smallest absolute Gasteiger partial charge is 0.282 e. The molecule has 8 nitrogen and oxygen atoms in total. The van der Waals surface area contributed by atoms with Crippen LogP contribution >= 0.6 is 12.2 Å². The number of hydrazone groups is 1. The molecule has 0 unspecified atom stereocenters. The first-order valence-corrected chi connectivity index (χ1v) is 6.67. The van der Waals surface area contributed by atoms with Crippen LogP contribution in [0.5, 0.6) is 11.5 Å². The molecule has 0 radical (unpaired) electrons. The van der Waals surface area contributed by atoms with Crippen LogP contribution in [-0.4, -0.2) is 29.6 Å². The van der Waals surface area contributed by atoms with Gasteiger partial charge in [0.2, 0.25) is 6.79 Å². The summed E-state index contributed by atoms with van der Waals surface area (Å²) < 4.78 is 10.3. The Morgan fingerprint density at radius 2 is 2.23 bits per heavy atom. The van der Waals surface area contributed by atoms with Crippen LogP contribution in [0.1, 0.15) is 12.5 Å². The van der Waals surface area contributed by atoms with E-state index in [0.717, 1.165) is 5.57 Å². The number of hydrogen-bond donors (Lipinski definition) is 2. The minimum atomic E-state index is -0.513. The van der Waals surface area contributed by atoms with Gasteiger partial charge in [-0.2, -0.15) is 5.10 Å². The molecule has 0 aromatic heterocycles. The van der Waals surface area contributed by atoms with Crippen molar-refractivity contribution in [2.24, 2.45) is 5.10 Å². The van der Waals surface area contributed by atoms with E-state index in [1.165, 1.54) is 18.3 Å². The van der Waals surface area contributed by atoms with Crippen molar-refractivity contribution < 1.29 is 14.4 Å². The quantitative estimate of drug-likeness (QED) is 0.280. The summed E-state index contributed by atoms with van der Waals surface area (Å²) in [6.07, 6.45) is 1.30. The number of ether oxygens (including phenoxy) is 2. The molecule has 1 aromatic rings. The van der Waals surface area contributed by atoms with Crippen LogP contribution in [0, 0.1) is 10.1 Å². The summed E-state index contributed by atoms with van der Waals surface area (Å²) in [4.78, 5) is 10.6. The van der Waals surface area contributed by atoms with Crippen LogP contribution in [0.2, 0.25) is 0 Å². The van der Waals surface area contributed by atoms with Gasteiger partial charge in [0.25, 0.3) is 5.69 Å². The maximum Gasteiger partial charge on any atom is 0.282 e. The number of nitrogens with zero attached hydrogens (tertiary/aromatic N) is 2. The zero-order chi connectivity index (χ0) is 16.1. The van der Waals surface area contributed by atoms with Gasteiger partial charge in [0.15, 0.2) is 16.6 Å². The molecule has 0 fully saturated rings. The summed E-state index contributed by atoms with van der Waals surface area (Å²) in [5, 5.41) is 18.1. The summed E-state index contributed by atoms with van der Waals surface area (Å²) >= 11 is 5.00. The van der Waals surface area contributed by atoms with Crippen molar-refractivity contribution in [1.29, 1.82) is 0 Å². The molecule has 1 aromatic carbocycles. The lowest BCUT2D eigenvalue weighted by atomic mass is 10.1. The molecule has 1 aliphatic heterocycles. The molecule has 2 N–H and O–H groups in total. The van der Waals surface area contributed by atoms with Gasteiger partial charge >= 0.3 is 0 Å². The van der Waals surface area contributed by atoms with Crippen molar-refractivity contribution in [3.63, 3.8) is 0 Å². The standard InChI is InChI=1S/C13H14N4O4S/c1-8(2)5-14-13(22)16-15-6-9-3-11-12(21-7-20-11)4-10(9)17(18)19/h3-4,6H,1,5,7H2,2H3,(H2,14,16,22)/b15-6+. The number of nitro groups is 1. The summed E-state index contributed by atoms with van der Waals surface area (Å²) in [7, 11) is 0. The molecule has 1 heterocycles. The summed E-state index contributed by atoms with van der Waals surface area (Å²) in [6, 6.07) is 2.80. The molecule has 1 aliphatic rings. The molecular weight excluding hydrogens is 308 g/mol. The number of rotatable bonds is 5. The van der Waals surface area contributed by atoms with Crippen molar-refractivity contribution in [2.45, 2.75) is 6.92 Å². The van der Waals surface area contributed by atoms with Gasteiger partial charge in [0, 0.05) is 6.54 Å². The second kappa shape index (κ2) is 6.85. The first-order chi connectivity index (χ1) is 10.5. The molecule has 22 heavy (non-hydrogen) atoms. The lowest BCUT2D eigenvalue weighted by Gasteiger charge is -2.06. The van der Waals surface area contributed by atoms with Gasteiger partial charge in [-0.05, 0) is 25.2 Å². The molecule has 0 amide bonds. The average molecular weight is 322 g/mol. The predicted molar refractivity (Wildman–Crippen MR) is 85.4 cm³/mol. The van der Waals surface area contributed by atoms with Crippen molar-refractivity contribution in [3.8, 4) is 11.5 Å². The predicted octanol–water partition coefficient (Wildman–Crippen LogP) is 1.70. The van der Waals surface area contributed by atoms with Crippen molar-refractivity contribution in [1.82, 2.24) is 10.7 Å². The van der Waals surface area contributed by atoms with Crippen molar-refractivity contribution in [3.05, 3.63) is 40.0 Å². The van der Waals surface area contributed by atoms with E-state index in [4.69, 9.17) is 21.7 Å². The van der Waals surface area contributed by atoms with Crippen LogP contribution in [-0.2, 0) is 0 Å². The molecule has 9 heteroatoms. The third kappa shape index (κ3) is 3.92. The van der Waals surface area contributed by atoms with Gasteiger partial charge < -0.3 is 14.8 Å². The van der Waals surface area contributed by atoms with Gasteiger partial charge in [0.05, 0.1) is 22.8 Å². The average Bonchev–Trinajstić information content (AvgIpc) is 2.91. The van der Waals surface area contributed by atoms with E-state index in [-0.39, 0.29) is 18.0 Å². The molecule has 0 saturated carbocycles. The minimum absolute atomic E-state index is 0.0419. The maximum absolute atomic E-state index is 11.1. The highest BCUT2D eigenvalue weighted by molar-refractivity contribution is 7.80. The molecular formula is C13H14N4O4S. The van der Waals surface area contributed by atoms with Gasteiger partial charge in [-0.1, -0.05) is 12.2 Å². The van der Waals surface area contributed by atoms with Gasteiger partial charge in [-0.25, -0.2) is 0 Å². The highest BCUT2D eigenvalue weighted by Crippen LogP contribution is 2.37. The van der Waals surface area contributed by atoms with Gasteiger partial charge in [-0.3, -0.25) is 15.5 Å². The van der Waals surface area contributed by atoms with E-state index < -0.39 is 4.92 Å². The lowest BCUT2D eigenvalue weighted by Crippen LogP contribution is -2.32. The Morgan fingerprint density at radius 3 is 2.86 bits per heavy atom. The van der Waals surface area contributed by atoms with E-state index in [0.29, 0.717) is 23.2 Å². The lowest BCUT2D eigenvalue weighted by molar-refractivity contribution is -0.385. The number of nitro benzene ring substituents is 1. The topological polar surface area (TPSA) is 98.0 Å². The highest BCUT2D eigenvalue weighted by Gasteiger charge is 2.22. The van der Waals surface area contributed by atoms with E-state index in [2.05, 4.69) is 22.4 Å². The Bertz CT molecular complexity index is 660. The van der Waals surface area contributed by atoms with Crippen LogP contribution in [0.3, 0.4) is 0 Å². The fraction of sp³-hybridized carbons (Fsp3) is 0.231. The van der Waals surface area contributed by atoms with Crippen LogP contribution in [0.4, 0.5) is 5.69 Å². The van der Waals surface area contributed by atoms with Gasteiger partial charge in [0.1, 0.15) is 0 Å². The summed E-state index contributed by atoms with van der Waals surface area (Å²) in [6.45, 7) is 6.15. The molecule has 0 aliphatic carbocycles. The zero-order valence-electron chi connectivity index (χ0n) is 11.8. The van der Waals surface area contributed by atoms with Crippen molar-refractivity contribution in [2.75, 3.05) is 13.3 Å². The third-order valence-electron chi connectivity index (χ3n) is 2.64. The van der Waals surface area contributed by atoms with Crippen molar-refractivity contribution >= 4 is 29.2 Å². The highest BCUT2D eigenvalue weighted by atomic mass is 32.1. The largest absolute Gasteiger partial charge is 0.454 e. The van der Waals surface area contributed by atoms with Crippen LogP contribution in [0.25, 0.3) is 0 Å². The number of fused-ring (bicyclic) bond motifs is 1. The van der Waals surface area contributed by atoms with E-state index in [9.17, 15) is 10.1 Å². The molecule has 0 atom stereocenters. The summed E-state index contributed by atoms with van der Waals surface area (Å²) in [5.41, 5.74) is 3.64.